The number of rotatable bonds is 6. The molecule has 0 saturated heterocycles. The van der Waals surface area contributed by atoms with Gasteiger partial charge in [-0.15, -0.1) is 0 Å². The van der Waals surface area contributed by atoms with Gasteiger partial charge in [-0.25, -0.2) is 0 Å². The number of nitrogens with two attached hydrogens (primary N) is 1. The molecule has 1 unspecified atom stereocenters. The fourth-order valence-electron chi connectivity index (χ4n) is 1.62. The van der Waals surface area contributed by atoms with Gasteiger partial charge in [0.05, 0.1) is 7.11 Å². The van der Waals surface area contributed by atoms with Crippen LogP contribution in [0, 0.1) is 0 Å². The molecule has 0 saturated carbocycles. The van der Waals surface area contributed by atoms with Crippen LogP contribution in [-0.2, 0) is 0 Å². The molecular weight excluding hydrogens is 268 g/mol. The molecule has 1 aromatic carbocycles. The Kier molecular flexibility index (Phi) is 5.80. The van der Waals surface area contributed by atoms with E-state index in [0.717, 1.165) is 28.8 Å². The molecule has 90 valence electrons. The van der Waals surface area contributed by atoms with Crippen LogP contribution in [0.1, 0.15) is 24.9 Å². The minimum absolute atomic E-state index is 0.146. The van der Waals surface area contributed by atoms with Crippen LogP contribution in [0.15, 0.2) is 22.7 Å². The number of hydrogen-bond donors (Lipinski definition) is 2. The lowest BCUT2D eigenvalue weighted by molar-refractivity contribution is 0.399. The van der Waals surface area contributed by atoms with Crippen molar-refractivity contribution in [2.75, 3.05) is 20.2 Å². The Bertz CT molecular complexity index is 331. The van der Waals surface area contributed by atoms with E-state index in [1.54, 1.807) is 7.11 Å². The first kappa shape index (κ1) is 13.5. The Hall–Kier alpha value is -0.580. The SMILES string of the molecule is CCCNC(CN)c1cc(Br)ccc1OC. The van der Waals surface area contributed by atoms with Gasteiger partial charge in [-0.3, -0.25) is 0 Å². The summed E-state index contributed by atoms with van der Waals surface area (Å²) in [4.78, 5) is 0. The predicted molar refractivity (Wildman–Crippen MR) is 70.8 cm³/mol. The van der Waals surface area contributed by atoms with Crippen molar-refractivity contribution in [3.05, 3.63) is 28.2 Å². The van der Waals surface area contributed by atoms with E-state index < -0.39 is 0 Å². The maximum absolute atomic E-state index is 5.79. The molecule has 0 fully saturated rings. The van der Waals surface area contributed by atoms with Crippen molar-refractivity contribution < 1.29 is 4.74 Å². The Balaban J connectivity index is 2.92. The summed E-state index contributed by atoms with van der Waals surface area (Å²) in [5.74, 6) is 0.877. The normalized spacial score (nSPS) is 12.5. The average Bonchev–Trinajstić information content (AvgIpc) is 2.30. The lowest BCUT2D eigenvalue weighted by Gasteiger charge is -2.19. The lowest BCUT2D eigenvalue weighted by atomic mass is 10.1. The molecule has 0 aliphatic rings. The van der Waals surface area contributed by atoms with Crippen LogP contribution >= 0.6 is 15.9 Å². The van der Waals surface area contributed by atoms with Crippen molar-refractivity contribution in [2.24, 2.45) is 5.73 Å². The summed E-state index contributed by atoms with van der Waals surface area (Å²) >= 11 is 3.47. The summed E-state index contributed by atoms with van der Waals surface area (Å²) in [7, 11) is 1.68. The number of halogens is 1. The van der Waals surface area contributed by atoms with E-state index in [2.05, 4.69) is 34.2 Å². The molecule has 0 aliphatic heterocycles. The second kappa shape index (κ2) is 6.89. The van der Waals surface area contributed by atoms with Crippen LogP contribution in [-0.4, -0.2) is 20.2 Å². The lowest BCUT2D eigenvalue weighted by Crippen LogP contribution is -2.29. The average molecular weight is 287 g/mol. The first-order valence-corrected chi connectivity index (χ1v) is 6.29. The molecule has 0 aliphatic carbocycles. The monoisotopic (exact) mass is 286 g/mol. The Morgan fingerprint density at radius 1 is 1.50 bits per heavy atom. The number of hydrogen-bond acceptors (Lipinski definition) is 3. The Morgan fingerprint density at radius 2 is 2.25 bits per heavy atom. The molecule has 1 atom stereocenters. The van der Waals surface area contributed by atoms with E-state index >= 15 is 0 Å². The molecule has 4 heteroatoms. The minimum Gasteiger partial charge on any atom is -0.496 e. The van der Waals surface area contributed by atoms with Gasteiger partial charge in [0.25, 0.3) is 0 Å². The fourth-order valence-corrected chi connectivity index (χ4v) is 2.00. The molecule has 0 heterocycles. The highest BCUT2D eigenvalue weighted by atomic mass is 79.9. The highest BCUT2D eigenvalue weighted by Crippen LogP contribution is 2.28. The summed E-state index contributed by atoms with van der Waals surface area (Å²) in [5.41, 5.74) is 6.89. The molecule has 0 bridgehead atoms. The molecule has 3 N–H and O–H groups in total. The molecule has 16 heavy (non-hydrogen) atoms. The van der Waals surface area contributed by atoms with Crippen LogP contribution in [0.25, 0.3) is 0 Å². The van der Waals surface area contributed by atoms with Crippen molar-refractivity contribution in [3.63, 3.8) is 0 Å². The summed E-state index contributed by atoms with van der Waals surface area (Å²) < 4.78 is 6.39. The van der Waals surface area contributed by atoms with Crippen molar-refractivity contribution in [1.29, 1.82) is 0 Å². The summed E-state index contributed by atoms with van der Waals surface area (Å²) in [5, 5.41) is 3.41. The van der Waals surface area contributed by atoms with E-state index in [-0.39, 0.29) is 6.04 Å². The van der Waals surface area contributed by atoms with E-state index in [1.165, 1.54) is 0 Å². The quantitative estimate of drug-likeness (QED) is 0.845. The van der Waals surface area contributed by atoms with Crippen LogP contribution in [0.3, 0.4) is 0 Å². The van der Waals surface area contributed by atoms with Gasteiger partial charge in [-0.05, 0) is 31.2 Å². The highest BCUT2D eigenvalue weighted by molar-refractivity contribution is 9.10. The Morgan fingerprint density at radius 3 is 2.81 bits per heavy atom. The Labute approximate surface area is 105 Å². The minimum atomic E-state index is 0.146. The second-order valence-electron chi connectivity index (χ2n) is 3.63. The number of ether oxygens (including phenoxy) is 1. The third kappa shape index (κ3) is 3.47. The molecule has 0 radical (unpaired) electrons. The van der Waals surface area contributed by atoms with Gasteiger partial charge in [0.15, 0.2) is 0 Å². The fraction of sp³-hybridized carbons (Fsp3) is 0.500. The van der Waals surface area contributed by atoms with Gasteiger partial charge in [0, 0.05) is 22.6 Å². The molecule has 1 rings (SSSR count). The number of nitrogens with one attached hydrogen (secondary N) is 1. The van der Waals surface area contributed by atoms with Crippen molar-refractivity contribution in [2.45, 2.75) is 19.4 Å². The van der Waals surface area contributed by atoms with Gasteiger partial charge in [-0.2, -0.15) is 0 Å². The molecular formula is C12H19BrN2O. The van der Waals surface area contributed by atoms with Crippen molar-refractivity contribution in [1.82, 2.24) is 5.32 Å². The second-order valence-corrected chi connectivity index (χ2v) is 4.54. The zero-order chi connectivity index (χ0) is 12.0. The van der Waals surface area contributed by atoms with Crippen molar-refractivity contribution in [3.8, 4) is 5.75 Å². The van der Waals surface area contributed by atoms with E-state index in [4.69, 9.17) is 10.5 Å². The highest BCUT2D eigenvalue weighted by Gasteiger charge is 2.14. The van der Waals surface area contributed by atoms with Gasteiger partial charge in [0.1, 0.15) is 5.75 Å². The first-order chi connectivity index (χ1) is 7.72. The summed E-state index contributed by atoms with van der Waals surface area (Å²) in [6.45, 7) is 3.66. The maximum atomic E-state index is 5.79. The smallest absolute Gasteiger partial charge is 0.123 e. The predicted octanol–water partition coefficient (Wildman–Crippen LogP) is 2.46. The topological polar surface area (TPSA) is 47.3 Å². The third-order valence-electron chi connectivity index (χ3n) is 2.44. The molecule has 0 spiro atoms. The van der Waals surface area contributed by atoms with Crippen LogP contribution in [0.5, 0.6) is 5.75 Å². The maximum Gasteiger partial charge on any atom is 0.123 e. The zero-order valence-electron chi connectivity index (χ0n) is 9.79. The molecule has 0 amide bonds. The first-order valence-electron chi connectivity index (χ1n) is 5.49. The zero-order valence-corrected chi connectivity index (χ0v) is 11.4. The third-order valence-corrected chi connectivity index (χ3v) is 2.94. The van der Waals surface area contributed by atoms with E-state index in [9.17, 15) is 0 Å². The number of methoxy groups -OCH3 is 1. The van der Waals surface area contributed by atoms with Crippen molar-refractivity contribution >= 4 is 15.9 Å². The standard InChI is InChI=1S/C12H19BrN2O/c1-3-6-15-11(8-14)10-7-9(13)4-5-12(10)16-2/h4-5,7,11,15H,3,6,8,14H2,1-2H3. The molecule has 0 aromatic heterocycles. The molecule has 1 aromatic rings. The van der Waals surface area contributed by atoms with Crippen LogP contribution in [0.4, 0.5) is 0 Å². The van der Waals surface area contributed by atoms with Crippen LogP contribution < -0.4 is 15.8 Å². The number of benzene rings is 1. The van der Waals surface area contributed by atoms with Crippen LogP contribution in [0.2, 0.25) is 0 Å². The van der Waals surface area contributed by atoms with Gasteiger partial charge in [0.2, 0.25) is 0 Å². The van der Waals surface area contributed by atoms with Gasteiger partial charge < -0.3 is 15.8 Å². The molecule has 3 nitrogen and oxygen atoms in total. The van der Waals surface area contributed by atoms with E-state index in [0.29, 0.717) is 6.54 Å². The van der Waals surface area contributed by atoms with Gasteiger partial charge in [-0.1, -0.05) is 22.9 Å². The van der Waals surface area contributed by atoms with E-state index in [1.807, 2.05) is 12.1 Å². The summed E-state index contributed by atoms with van der Waals surface area (Å²) in [6.07, 6.45) is 1.09. The largest absolute Gasteiger partial charge is 0.496 e. The van der Waals surface area contributed by atoms with Gasteiger partial charge >= 0.3 is 0 Å². The summed E-state index contributed by atoms with van der Waals surface area (Å²) in [6, 6.07) is 6.12.